The smallest absolute Gasteiger partial charge is 0.267 e. The predicted molar refractivity (Wildman–Crippen MR) is 151 cm³/mol. The number of nitrogens with zero attached hydrogens (tertiary/aromatic N) is 2. The van der Waals surface area contributed by atoms with Crippen molar-refractivity contribution >= 4 is 75.2 Å². The van der Waals surface area contributed by atoms with Crippen molar-refractivity contribution in [2.24, 2.45) is 0 Å². The van der Waals surface area contributed by atoms with Gasteiger partial charge in [-0.2, -0.15) is 0 Å². The number of carbonyl (C=O) groups is 2. The van der Waals surface area contributed by atoms with Crippen molar-refractivity contribution in [3.8, 4) is 5.75 Å². The number of benzene rings is 1. The number of aromatic nitrogens is 1. The maximum Gasteiger partial charge on any atom is 0.267 e. The third kappa shape index (κ3) is 7.90. The van der Waals surface area contributed by atoms with Crippen LogP contribution in [0, 0.1) is 5.41 Å². The van der Waals surface area contributed by atoms with Gasteiger partial charge < -0.3 is 26.0 Å². The van der Waals surface area contributed by atoms with Gasteiger partial charge in [-0.25, -0.2) is 4.98 Å². The van der Waals surface area contributed by atoms with Gasteiger partial charge in [0, 0.05) is 36.1 Å². The van der Waals surface area contributed by atoms with Crippen LogP contribution in [0.1, 0.15) is 51.8 Å². The van der Waals surface area contributed by atoms with E-state index >= 15 is 0 Å². The van der Waals surface area contributed by atoms with Crippen LogP contribution < -0.4 is 10.6 Å². The lowest BCUT2D eigenvalue weighted by molar-refractivity contribution is 0.102. The largest absolute Gasteiger partial charge is 0.506 e. The molecule has 0 unspecified atom stereocenters. The SMILES string of the molecule is CCCC(=N)CCN(C)Cc1csc(C(=O)Nc2c(O)cc(Cl)cc2C(=O)Nc2ccc(Cl)cn2)c1Cl. The van der Waals surface area contributed by atoms with Crippen molar-refractivity contribution in [2.45, 2.75) is 32.7 Å². The summed E-state index contributed by atoms with van der Waals surface area (Å²) in [6, 6.07) is 5.63. The number of anilines is 2. The van der Waals surface area contributed by atoms with E-state index in [9.17, 15) is 14.7 Å². The minimum atomic E-state index is -0.642. The Morgan fingerprint density at radius 3 is 2.54 bits per heavy atom. The van der Waals surface area contributed by atoms with Gasteiger partial charge in [0.05, 0.1) is 21.3 Å². The normalized spacial score (nSPS) is 11.0. The van der Waals surface area contributed by atoms with Crippen LogP contribution in [0.5, 0.6) is 5.75 Å². The molecular formula is C25H26Cl3N5O3S. The van der Waals surface area contributed by atoms with E-state index in [1.54, 1.807) is 11.4 Å². The van der Waals surface area contributed by atoms with E-state index in [-0.39, 0.29) is 32.7 Å². The summed E-state index contributed by atoms with van der Waals surface area (Å²) in [7, 11) is 1.93. The van der Waals surface area contributed by atoms with E-state index in [4.69, 9.17) is 40.2 Å². The van der Waals surface area contributed by atoms with Crippen molar-refractivity contribution in [1.29, 1.82) is 5.41 Å². The van der Waals surface area contributed by atoms with Crippen LogP contribution in [-0.2, 0) is 6.54 Å². The second-order valence-electron chi connectivity index (χ2n) is 8.36. The van der Waals surface area contributed by atoms with Crippen molar-refractivity contribution < 1.29 is 14.7 Å². The molecular weight excluding hydrogens is 557 g/mol. The average Bonchev–Trinajstić information content (AvgIpc) is 3.20. The van der Waals surface area contributed by atoms with Gasteiger partial charge >= 0.3 is 0 Å². The number of phenolic OH excluding ortho intramolecular Hbond substituents is 1. The lowest BCUT2D eigenvalue weighted by Gasteiger charge is -2.16. The molecule has 0 aliphatic rings. The predicted octanol–water partition coefficient (Wildman–Crippen LogP) is 6.96. The summed E-state index contributed by atoms with van der Waals surface area (Å²) >= 11 is 19.6. The Labute approximate surface area is 234 Å². The minimum absolute atomic E-state index is 0.0581. The molecule has 0 aliphatic carbocycles. The van der Waals surface area contributed by atoms with Gasteiger partial charge in [-0.1, -0.05) is 48.1 Å². The molecule has 1 aromatic carbocycles. The Balaban J connectivity index is 1.75. The monoisotopic (exact) mass is 581 g/mol. The summed E-state index contributed by atoms with van der Waals surface area (Å²) in [6.45, 7) is 3.26. The molecule has 12 heteroatoms. The van der Waals surface area contributed by atoms with E-state index in [2.05, 4.69) is 15.6 Å². The van der Waals surface area contributed by atoms with Gasteiger partial charge in [-0.05, 0) is 49.0 Å². The molecule has 37 heavy (non-hydrogen) atoms. The molecule has 0 radical (unpaired) electrons. The fraction of sp³-hybridized carbons (Fsp3) is 0.280. The quantitative estimate of drug-likeness (QED) is 0.144. The molecule has 0 bridgehead atoms. The highest BCUT2D eigenvalue weighted by atomic mass is 35.5. The molecule has 2 heterocycles. The van der Waals surface area contributed by atoms with E-state index in [1.807, 2.05) is 18.9 Å². The molecule has 0 spiro atoms. The first-order valence-electron chi connectivity index (χ1n) is 11.4. The first kappa shape index (κ1) is 28.9. The number of aromatic hydroxyl groups is 1. The fourth-order valence-electron chi connectivity index (χ4n) is 3.47. The fourth-order valence-corrected chi connectivity index (χ4v) is 5.04. The van der Waals surface area contributed by atoms with Crippen LogP contribution in [0.25, 0.3) is 0 Å². The van der Waals surface area contributed by atoms with E-state index < -0.39 is 11.8 Å². The van der Waals surface area contributed by atoms with Gasteiger partial charge in [-0.3, -0.25) is 9.59 Å². The van der Waals surface area contributed by atoms with Crippen molar-refractivity contribution in [2.75, 3.05) is 24.2 Å². The molecule has 0 atom stereocenters. The van der Waals surface area contributed by atoms with Crippen LogP contribution in [-0.4, -0.2) is 46.1 Å². The molecule has 0 saturated heterocycles. The highest BCUT2D eigenvalue weighted by molar-refractivity contribution is 7.13. The zero-order valence-corrected chi connectivity index (χ0v) is 23.3. The van der Waals surface area contributed by atoms with Gasteiger partial charge in [0.15, 0.2) is 0 Å². The highest BCUT2D eigenvalue weighted by Crippen LogP contribution is 2.35. The summed E-state index contributed by atoms with van der Waals surface area (Å²) < 4.78 is 0. The van der Waals surface area contributed by atoms with Crippen LogP contribution in [0.4, 0.5) is 11.5 Å². The maximum absolute atomic E-state index is 13.1. The highest BCUT2D eigenvalue weighted by Gasteiger charge is 2.23. The number of carbonyl (C=O) groups excluding carboxylic acids is 2. The molecule has 2 amide bonds. The van der Waals surface area contributed by atoms with Gasteiger partial charge in [0.25, 0.3) is 11.8 Å². The van der Waals surface area contributed by atoms with E-state index in [0.717, 1.165) is 29.7 Å². The maximum atomic E-state index is 13.1. The Bertz CT molecular complexity index is 1300. The standard InChI is InChI=1S/C25H26Cl3N5O3S/c1-3-4-17(29)7-8-33(2)12-14-13-37-23(21(14)28)25(36)32-22-18(9-16(27)10-19(22)34)24(35)31-20-6-5-15(26)11-30-20/h5-6,9-11,13,29,34H,3-4,7-8,12H2,1-2H3,(H,32,36)(H,30,31,35). The summed E-state index contributed by atoms with van der Waals surface area (Å²) in [4.78, 5) is 32.3. The number of nitrogens with one attached hydrogen (secondary N) is 3. The number of halogens is 3. The third-order valence-corrected chi connectivity index (χ3v) is 7.34. The number of hydrogen-bond acceptors (Lipinski definition) is 7. The topological polar surface area (TPSA) is 118 Å². The number of amides is 2. The van der Waals surface area contributed by atoms with Crippen molar-refractivity contribution in [3.63, 3.8) is 0 Å². The Kier molecular flexibility index (Phi) is 10.3. The summed E-state index contributed by atoms with van der Waals surface area (Å²) in [5, 5.41) is 26.2. The van der Waals surface area contributed by atoms with Crippen molar-refractivity contribution in [1.82, 2.24) is 9.88 Å². The number of thiophene rings is 1. The third-order valence-electron chi connectivity index (χ3n) is 5.33. The summed E-state index contributed by atoms with van der Waals surface area (Å²) in [6.07, 6.45) is 3.77. The van der Waals surface area contributed by atoms with Gasteiger partial charge in [0.2, 0.25) is 0 Å². The van der Waals surface area contributed by atoms with Crippen LogP contribution >= 0.6 is 46.1 Å². The first-order chi connectivity index (χ1) is 17.6. The van der Waals surface area contributed by atoms with Crippen LogP contribution in [0.15, 0.2) is 35.8 Å². The van der Waals surface area contributed by atoms with E-state index in [1.165, 1.54) is 24.4 Å². The average molecular weight is 583 g/mol. The zero-order chi connectivity index (χ0) is 27.1. The molecule has 3 rings (SSSR count). The molecule has 4 N–H and O–H groups in total. The molecule has 196 valence electrons. The Morgan fingerprint density at radius 2 is 1.86 bits per heavy atom. The number of rotatable bonds is 11. The molecule has 8 nitrogen and oxygen atoms in total. The molecule has 2 aromatic heterocycles. The summed E-state index contributed by atoms with van der Waals surface area (Å²) in [5.74, 6) is -1.37. The Morgan fingerprint density at radius 1 is 1.11 bits per heavy atom. The first-order valence-corrected chi connectivity index (χ1v) is 13.4. The zero-order valence-electron chi connectivity index (χ0n) is 20.2. The van der Waals surface area contributed by atoms with Crippen LogP contribution in [0.3, 0.4) is 0 Å². The summed E-state index contributed by atoms with van der Waals surface area (Å²) in [5.41, 5.74) is 1.31. The number of pyridine rings is 1. The van der Waals surface area contributed by atoms with Crippen molar-refractivity contribution in [3.05, 3.63) is 66.9 Å². The molecule has 0 fully saturated rings. The van der Waals surface area contributed by atoms with Gasteiger partial charge in [-0.15, -0.1) is 11.3 Å². The van der Waals surface area contributed by atoms with Crippen LogP contribution in [0.2, 0.25) is 15.1 Å². The second-order valence-corrected chi connectivity index (χ2v) is 10.5. The second kappa shape index (κ2) is 13.2. The molecule has 0 aliphatic heterocycles. The Hall–Kier alpha value is -2.69. The van der Waals surface area contributed by atoms with E-state index in [0.29, 0.717) is 35.3 Å². The van der Waals surface area contributed by atoms with Gasteiger partial charge in [0.1, 0.15) is 16.4 Å². The molecule has 3 aromatic rings. The lowest BCUT2D eigenvalue weighted by atomic mass is 10.1. The molecule has 0 saturated carbocycles. The lowest BCUT2D eigenvalue weighted by Crippen LogP contribution is -2.21. The number of phenols is 1. The minimum Gasteiger partial charge on any atom is -0.506 e. The number of hydrogen-bond donors (Lipinski definition) is 4.